The Balaban J connectivity index is 2.08. The number of aliphatic hydroxyl groups is 1. The van der Waals surface area contributed by atoms with Crippen molar-refractivity contribution in [1.82, 2.24) is 0 Å². The van der Waals surface area contributed by atoms with Crippen molar-refractivity contribution in [2.45, 2.75) is 13.0 Å². The van der Waals surface area contributed by atoms with Gasteiger partial charge in [0.1, 0.15) is 0 Å². The van der Waals surface area contributed by atoms with Gasteiger partial charge >= 0.3 is 0 Å². The lowest BCUT2D eigenvalue weighted by molar-refractivity contribution is 0.161. The summed E-state index contributed by atoms with van der Waals surface area (Å²) in [4.78, 5) is 2.37. The molecule has 0 radical (unpaired) electrons. The minimum Gasteiger partial charge on any atom is -0.392 e. The summed E-state index contributed by atoms with van der Waals surface area (Å²) in [5, 5.41) is 9.08. The number of nitrogens with zero attached hydrogens (tertiary/aromatic N) is 1. The van der Waals surface area contributed by atoms with Crippen molar-refractivity contribution in [3.8, 4) is 0 Å². The fourth-order valence-electron chi connectivity index (χ4n) is 2.33. The van der Waals surface area contributed by atoms with E-state index in [-0.39, 0.29) is 6.61 Å². The van der Waals surface area contributed by atoms with Gasteiger partial charge in [0.25, 0.3) is 0 Å². The highest BCUT2D eigenvalue weighted by atomic mass is 79.9. The lowest BCUT2D eigenvalue weighted by Crippen LogP contribution is -2.21. The Hall–Kier alpha value is -0.580. The topological polar surface area (TPSA) is 32.7 Å². The number of hydrogen-bond donors (Lipinski definition) is 1. The van der Waals surface area contributed by atoms with Crippen molar-refractivity contribution in [2.75, 3.05) is 31.7 Å². The molecule has 1 aromatic rings. The molecule has 3 nitrogen and oxygen atoms in total. The molecule has 1 N–H and O–H groups in total. The third kappa shape index (κ3) is 3.00. The number of rotatable bonds is 4. The highest BCUT2D eigenvalue weighted by molar-refractivity contribution is 9.10. The van der Waals surface area contributed by atoms with Gasteiger partial charge in [-0.25, -0.2) is 0 Å². The van der Waals surface area contributed by atoms with Crippen molar-refractivity contribution in [3.63, 3.8) is 0 Å². The van der Waals surface area contributed by atoms with Crippen molar-refractivity contribution in [1.29, 1.82) is 0 Å². The first-order valence-electron chi connectivity index (χ1n) is 5.87. The van der Waals surface area contributed by atoms with E-state index in [1.54, 1.807) is 7.11 Å². The molecule has 1 saturated heterocycles. The molecule has 0 amide bonds. The van der Waals surface area contributed by atoms with Crippen LogP contribution in [0, 0.1) is 5.92 Å². The minimum absolute atomic E-state index is 0.0885. The predicted octanol–water partition coefficient (Wildman–Crippen LogP) is 2.41. The number of hydrogen-bond acceptors (Lipinski definition) is 3. The molecule has 0 aromatic heterocycles. The maximum absolute atomic E-state index is 9.08. The normalized spacial score (nSPS) is 19.9. The first kappa shape index (κ1) is 12.9. The second kappa shape index (κ2) is 5.85. The predicted molar refractivity (Wildman–Crippen MR) is 72.3 cm³/mol. The average Bonchev–Trinajstić information content (AvgIpc) is 2.78. The summed E-state index contributed by atoms with van der Waals surface area (Å²) in [6, 6.07) is 6.04. The van der Waals surface area contributed by atoms with E-state index in [4.69, 9.17) is 9.84 Å². The Bertz CT molecular complexity index is 384. The van der Waals surface area contributed by atoms with E-state index < -0.39 is 0 Å². The van der Waals surface area contributed by atoms with Crippen molar-refractivity contribution >= 4 is 21.6 Å². The van der Waals surface area contributed by atoms with Gasteiger partial charge in [-0.1, -0.05) is 6.07 Å². The Morgan fingerprint density at radius 3 is 3.00 bits per heavy atom. The van der Waals surface area contributed by atoms with Gasteiger partial charge in [-0.15, -0.1) is 0 Å². The Morgan fingerprint density at radius 1 is 1.53 bits per heavy atom. The second-order valence-corrected chi connectivity index (χ2v) is 5.35. The maximum atomic E-state index is 9.08. The van der Waals surface area contributed by atoms with Gasteiger partial charge in [0.05, 0.1) is 18.9 Å². The molecule has 1 unspecified atom stereocenters. The molecule has 1 atom stereocenters. The van der Waals surface area contributed by atoms with Crippen LogP contribution >= 0.6 is 15.9 Å². The van der Waals surface area contributed by atoms with E-state index >= 15 is 0 Å². The Morgan fingerprint density at radius 2 is 2.35 bits per heavy atom. The largest absolute Gasteiger partial charge is 0.392 e. The Kier molecular flexibility index (Phi) is 4.42. The van der Waals surface area contributed by atoms with E-state index in [1.807, 2.05) is 12.1 Å². The van der Waals surface area contributed by atoms with Gasteiger partial charge in [0, 0.05) is 30.6 Å². The number of aliphatic hydroxyl groups excluding tert-OH is 1. The molecule has 2 rings (SSSR count). The quantitative estimate of drug-likeness (QED) is 0.927. The van der Waals surface area contributed by atoms with Crippen LogP contribution < -0.4 is 4.90 Å². The summed E-state index contributed by atoms with van der Waals surface area (Å²) >= 11 is 3.57. The molecule has 94 valence electrons. The molecule has 0 aliphatic carbocycles. The van der Waals surface area contributed by atoms with E-state index in [0.29, 0.717) is 5.92 Å². The molecule has 17 heavy (non-hydrogen) atoms. The molecule has 4 heteroatoms. The van der Waals surface area contributed by atoms with Crippen LogP contribution in [0.1, 0.15) is 12.0 Å². The van der Waals surface area contributed by atoms with Crippen molar-refractivity contribution in [3.05, 3.63) is 28.2 Å². The SMILES string of the molecule is COCC1CCN(c2ccc(CO)cc2Br)C1. The molecule has 1 aliphatic rings. The molecule has 0 saturated carbocycles. The average molecular weight is 300 g/mol. The van der Waals surface area contributed by atoms with Gasteiger partial charge in [-0.2, -0.15) is 0 Å². The number of methoxy groups -OCH3 is 1. The maximum Gasteiger partial charge on any atom is 0.0682 e. The van der Waals surface area contributed by atoms with E-state index in [1.165, 1.54) is 12.1 Å². The first-order chi connectivity index (χ1) is 8.24. The molecule has 1 aromatic carbocycles. The molecule has 0 spiro atoms. The summed E-state index contributed by atoms with van der Waals surface area (Å²) in [5.74, 6) is 0.629. The van der Waals surface area contributed by atoms with Crippen LogP contribution in [0.15, 0.2) is 22.7 Å². The number of benzene rings is 1. The molecule has 1 fully saturated rings. The number of ether oxygens (including phenoxy) is 1. The summed E-state index contributed by atoms with van der Waals surface area (Å²) < 4.78 is 6.26. The lowest BCUT2D eigenvalue weighted by atomic mass is 10.1. The standard InChI is InChI=1S/C13H18BrNO2/c1-17-9-11-4-5-15(7-11)13-3-2-10(8-16)6-12(13)14/h2-3,6,11,16H,4-5,7-9H2,1H3. The van der Waals surface area contributed by atoms with Crippen molar-refractivity contribution in [2.24, 2.45) is 5.92 Å². The van der Waals surface area contributed by atoms with E-state index in [2.05, 4.69) is 26.9 Å². The van der Waals surface area contributed by atoms with Crippen LogP contribution in [0.25, 0.3) is 0 Å². The van der Waals surface area contributed by atoms with Gasteiger partial charge < -0.3 is 14.7 Å². The van der Waals surface area contributed by atoms with Crippen LogP contribution in [0.4, 0.5) is 5.69 Å². The third-order valence-electron chi connectivity index (χ3n) is 3.22. The van der Waals surface area contributed by atoms with Crippen molar-refractivity contribution < 1.29 is 9.84 Å². The van der Waals surface area contributed by atoms with E-state index in [0.717, 1.165) is 29.7 Å². The van der Waals surface area contributed by atoms with Gasteiger partial charge in [-0.3, -0.25) is 0 Å². The second-order valence-electron chi connectivity index (χ2n) is 4.50. The van der Waals surface area contributed by atoms with Crippen LogP contribution in [-0.4, -0.2) is 31.9 Å². The number of halogens is 1. The zero-order valence-electron chi connectivity index (χ0n) is 10.0. The fraction of sp³-hybridized carbons (Fsp3) is 0.538. The Labute approximate surface area is 111 Å². The van der Waals surface area contributed by atoms with E-state index in [9.17, 15) is 0 Å². The minimum atomic E-state index is 0.0885. The molecule has 1 heterocycles. The molecular formula is C13H18BrNO2. The summed E-state index contributed by atoms with van der Waals surface area (Å²) in [7, 11) is 1.76. The third-order valence-corrected chi connectivity index (χ3v) is 3.86. The van der Waals surface area contributed by atoms with Crippen LogP contribution in [-0.2, 0) is 11.3 Å². The monoisotopic (exact) mass is 299 g/mol. The number of anilines is 1. The zero-order valence-corrected chi connectivity index (χ0v) is 11.6. The smallest absolute Gasteiger partial charge is 0.0682 e. The molecule has 1 aliphatic heterocycles. The van der Waals surface area contributed by atoms with Crippen LogP contribution in [0.3, 0.4) is 0 Å². The molecule has 0 bridgehead atoms. The fourth-order valence-corrected chi connectivity index (χ4v) is 3.01. The van der Waals surface area contributed by atoms with Gasteiger partial charge in [0.15, 0.2) is 0 Å². The molecular weight excluding hydrogens is 282 g/mol. The zero-order chi connectivity index (χ0) is 12.3. The highest BCUT2D eigenvalue weighted by Gasteiger charge is 2.23. The van der Waals surface area contributed by atoms with Crippen LogP contribution in [0.5, 0.6) is 0 Å². The first-order valence-corrected chi connectivity index (χ1v) is 6.67. The van der Waals surface area contributed by atoms with Crippen LogP contribution in [0.2, 0.25) is 0 Å². The van der Waals surface area contributed by atoms with Gasteiger partial charge in [0.2, 0.25) is 0 Å². The summed E-state index contributed by atoms with van der Waals surface area (Å²) in [6.07, 6.45) is 1.18. The summed E-state index contributed by atoms with van der Waals surface area (Å²) in [6.45, 7) is 3.05. The highest BCUT2D eigenvalue weighted by Crippen LogP contribution is 2.31. The van der Waals surface area contributed by atoms with Gasteiger partial charge in [-0.05, 0) is 40.0 Å². The summed E-state index contributed by atoms with van der Waals surface area (Å²) in [5.41, 5.74) is 2.15. The lowest BCUT2D eigenvalue weighted by Gasteiger charge is -2.20.